The van der Waals surface area contributed by atoms with Gasteiger partial charge in [-0.05, 0) is 66.6 Å². The smallest absolute Gasteiger partial charge is 0.233 e. The first kappa shape index (κ1) is 34.9. The summed E-state index contributed by atoms with van der Waals surface area (Å²) in [6, 6.07) is 0. The Morgan fingerprint density at radius 3 is 0.923 bits per heavy atom. The summed E-state index contributed by atoms with van der Waals surface area (Å²) in [6.07, 6.45) is 6.94. The predicted octanol–water partition coefficient (Wildman–Crippen LogP) is 8.20. The average molecular weight is 561 g/mol. The van der Waals surface area contributed by atoms with Crippen LogP contribution in [0.2, 0.25) is 0 Å². The summed E-state index contributed by atoms with van der Waals surface area (Å²) in [4.78, 5) is 46.0. The van der Waals surface area contributed by atoms with E-state index in [2.05, 4.69) is 69.2 Å². The summed E-state index contributed by atoms with van der Waals surface area (Å²) in [7, 11) is 0. The Morgan fingerprint density at radius 2 is 0.718 bits per heavy atom. The van der Waals surface area contributed by atoms with Gasteiger partial charge in [-0.2, -0.15) is 19.6 Å². The minimum absolute atomic E-state index is 0.146. The molecule has 0 aromatic heterocycles. The Balaban J connectivity index is 1.98. The fourth-order valence-corrected chi connectivity index (χ4v) is 5.41. The lowest BCUT2D eigenvalue weighted by atomic mass is 9.60. The molecule has 0 unspecified atom stereocenters. The standard InChI is InChI=1S/C31H60O8/c1-23(2)19-32-36-30(37-33-20-24(3)4)15-11-27(12-16-30)29(9,10)28-13-17-31(18-14-28,38-34-21-25(5)6)39-35-22-26(7)8/h23-28H,11-22H2,1-10H3. The third-order valence-corrected chi connectivity index (χ3v) is 8.05. The number of hydrogen-bond acceptors (Lipinski definition) is 8. The molecule has 8 heteroatoms. The van der Waals surface area contributed by atoms with Gasteiger partial charge in [0.2, 0.25) is 11.6 Å². The molecule has 0 aliphatic heterocycles. The van der Waals surface area contributed by atoms with Crippen LogP contribution >= 0.6 is 0 Å². The number of rotatable bonds is 18. The quantitative estimate of drug-likeness (QED) is 0.0943. The minimum Gasteiger partial charge on any atom is -0.233 e. The van der Waals surface area contributed by atoms with Crippen LogP contribution in [-0.2, 0) is 39.1 Å². The molecular weight excluding hydrogens is 500 g/mol. The Labute approximate surface area is 238 Å². The first-order chi connectivity index (χ1) is 18.3. The zero-order valence-corrected chi connectivity index (χ0v) is 26.7. The second-order valence-corrected chi connectivity index (χ2v) is 14.2. The molecular formula is C31H60O8. The molecule has 0 heterocycles. The molecule has 0 atom stereocenters. The van der Waals surface area contributed by atoms with Gasteiger partial charge in [0.25, 0.3) is 0 Å². The fourth-order valence-electron chi connectivity index (χ4n) is 5.41. The molecule has 2 aliphatic carbocycles. The largest absolute Gasteiger partial charge is 0.234 e. The van der Waals surface area contributed by atoms with Gasteiger partial charge in [-0.1, -0.05) is 69.2 Å². The van der Waals surface area contributed by atoms with E-state index in [0.29, 0.717) is 61.9 Å². The van der Waals surface area contributed by atoms with E-state index in [1.807, 2.05) is 0 Å². The molecule has 2 saturated carbocycles. The van der Waals surface area contributed by atoms with Crippen LogP contribution in [0.3, 0.4) is 0 Å². The van der Waals surface area contributed by atoms with Gasteiger partial charge in [-0.3, -0.25) is 0 Å². The molecule has 0 N–H and O–H groups in total. The molecule has 0 bridgehead atoms. The second-order valence-electron chi connectivity index (χ2n) is 14.2. The zero-order valence-electron chi connectivity index (χ0n) is 26.7. The Bertz CT molecular complexity index is 561. The van der Waals surface area contributed by atoms with Crippen molar-refractivity contribution >= 4 is 0 Å². The summed E-state index contributed by atoms with van der Waals surface area (Å²) >= 11 is 0. The van der Waals surface area contributed by atoms with Crippen LogP contribution in [0, 0.1) is 40.9 Å². The van der Waals surface area contributed by atoms with Crippen molar-refractivity contribution in [2.24, 2.45) is 40.9 Å². The van der Waals surface area contributed by atoms with Crippen LogP contribution in [0.1, 0.15) is 121 Å². The monoisotopic (exact) mass is 560 g/mol. The summed E-state index contributed by atoms with van der Waals surface area (Å²) in [5.74, 6) is 0.920. The second kappa shape index (κ2) is 16.4. The van der Waals surface area contributed by atoms with Crippen molar-refractivity contribution in [1.29, 1.82) is 0 Å². The van der Waals surface area contributed by atoms with E-state index in [-0.39, 0.29) is 5.41 Å². The molecule has 8 nitrogen and oxygen atoms in total. The molecule has 0 aromatic carbocycles. The van der Waals surface area contributed by atoms with E-state index >= 15 is 0 Å². The van der Waals surface area contributed by atoms with Gasteiger partial charge in [-0.15, -0.1) is 0 Å². The molecule has 232 valence electrons. The predicted molar refractivity (Wildman–Crippen MR) is 151 cm³/mol. The van der Waals surface area contributed by atoms with Crippen LogP contribution in [0.25, 0.3) is 0 Å². The van der Waals surface area contributed by atoms with Crippen molar-refractivity contribution in [2.45, 2.75) is 132 Å². The zero-order chi connectivity index (χ0) is 29.1. The van der Waals surface area contributed by atoms with Crippen LogP contribution in [0.4, 0.5) is 0 Å². The van der Waals surface area contributed by atoms with Gasteiger partial charge in [0, 0.05) is 25.7 Å². The van der Waals surface area contributed by atoms with Gasteiger partial charge < -0.3 is 0 Å². The SMILES string of the molecule is CC(C)COOC1(OOCC(C)C)CCC(C(C)(C)C2CCC(OOCC(C)C)(OOCC(C)C)CC2)CC1. The van der Waals surface area contributed by atoms with Crippen molar-refractivity contribution in [2.75, 3.05) is 26.4 Å². The van der Waals surface area contributed by atoms with Gasteiger partial charge in [0.1, 0.15) is 0 Å². The van der Waals surface area contributed by atoms with Gasteiger partial charge in [-0.25, -0.2) is 19.6 Å². The lowest BCUT2D eigenvalue weighted by molar-refractivity contribution is -0.521. The van der Waals surface area contributed by atoms with Gasteiger partial charge in [0.15, 0.2) is 0 Å². The maximum absolute atomic E-state index is 5.90. The summed E-state index contributed by atoms with van der Waals surface area (Å²) < 4.78 is 0. The molecule has 0 saturated heterocycles. The third kappa shape index (κ3) is 11.8. The first-order valence-electron chi connectivity index (χ1n) is 15.5. The molecule has 2 rings (SSSR count). The van der Waals surface area contributed by atoms with E-state index in [1.54, 1.807) is 0 Å². The lowest BCUT2D eigenvalue weighted by Crippen LogP contribution is -2.47. The molecule has 0 aromatic rings. The van der Waals surface area contributed by atoms with E-state index in [1.165, 1.54) is 0 Å². The Morgan fingerprint density at radius 1 is 0.487 bits per heavy atom. The highest BCUT2D eigenvalue weighted by Crippen LogP contribution is 2.52. The highest BCUT2D eigenvalue weighted by molar-refractivity contribution is 4.93. The van der Waals surface area contributed by atoms with E-state index in [9.17, 15) is 0 Å². The summed E-state index contributed by atoms with van der Waals surface area (Å²) in [5, 5.41) is 0. The highest BCUT2D eigenvalue weighted by Gasteiger charge is 2.49. The maximum atomic E-state index is 5.90. The molecule has 0 radical (unpaired) electrons. The topological polar surface area (TPSA) is 73.8 Å². The van der Waals surface area contributed by atoms with Crippen molar-refractivity contribution in [3.8, 4) is 0 Å². The number of hydrogen-bond donors (Lipinski definition) is 0. The van der Waals surface area contributed by atoms with Crippen molar-refractivity contribution in [3.05, 3.63) is 0 Å². The van der Waals surface area contributed by atoms with Crippen molar-refractivity contribution in [3.63, 3.8) is 0 Å². The molecule has 39 heavy (non-hydrogen) atoms. The van der Waals surface area contributed by atoms with Crippen molar-refractivity contribution in [1.82, 2.24) is 0 Å². The molecule has 2 fully saturated rings. The normalized spacial score (nSPS) is 21.1. The summed E-state index contributed by atoms with van der Waals surface area (Å²) in [6.45, 7) is 23.8. The van der Waals surface area contributed by atoms with Crippen LogP contribution in [0.15, 0.2) is 0 Å². The minimum atomic E-state index is -0.846. The van der Waals surface area contributed by atoms with Gasteiger partial charge in [0.05, 0.1) is 26.4 Å². The van der Waals surface area contributed by atoms with E-state index in [0.717, 1.165) is 51.4 Å². The van der Waals surface area contributed by atoms with Gasteiger partial charge >= 0.3 is 0 Å². The first-order valence-corrected chi connectivity index (χ1v) is 15.5. The maximum Gasteiger partial charge on any atom is 0.234 e. The highest BCUT2D eigenvalue weighted by atomic mass is 17.3. The average Bonchev–Trinajstić information content (AvgIpc) is 2.84. The Kier molecular flexibility index (Phi) is 14.6. The molecule has 0 spiro atoms. The Hall–Kier alpha value is -0.320. The molecule has 2 aliphatic rings. The molecule has 0 amide bonds. The summed E-state index contributed by atoms with van der Waals surface area (Å²) in [5.41, 5.74) is 0.146. The fraction of sp³-hybridized carbons (Fsp3) is 1.00. The van der Waals surface area contributed by atoms with Crippen LogP contribution in [-0.4, -0.2) is 38.0 Å². The van der Waals surface area contributed by atoms with E-state index in [4.69, 9.17) is 39.1 Å². The lowest BCUT2D eigenvalue weighted by Gasteiger charge is -2.49. The van der Waals surface area contributed by atoms with Crippen molar-refractivity contribution < 1.29 is 39.1 Å². The van der Waals surface area contributed by atoms with Crippen LogP contribution in [0.5, 0.6) is 0 Å². The van der Waals surface area contributed by atoms with Crippen LogP contribution < -0.4 is 0 Å². The van der Waals surface area contributed by atoms with E-state index < -0.39 is 11.6 Å². The third-order valence-electron chi connectivity index (χ3n) is 8.05.